The van der Waals surface area contributed by atoms with Crippen molar-refractivity contribution >= 4 is 17.1 Å². The molecule has 2 heterocycles. The third kappa shape index (κ3) is 3.37. The number of fused-ring (bicyclic) bond motifs is 2. The maximum atomic E-state index is 12.7. The lowest BCUT2D eigenvalue weighted by atomic mass is 10.2. The van der Waals surface area contributed by atoms with Gasteiger partial charge >= 0.3 is 0 Å². The van der Waals surface area contributed by atoms with Crippen LogP contribution in [0.2, 0.25) is 0 Å². The Balaban J connectivity index is 1.36. The lowest BCUT2D eigenvalue weighted by Crippen LogP contribution is -2.20. The van der Waals surface area contributed by atoms with Crippen LogP contribution in [0.25, 0.3) is 10.9 Å². The zero-order valence-electron chi connectivity index (χ0n) is 16.1. The average Bonchev–Trinajstić information content (AvgIpc) is 3.23. The molecule has 0 aliphatic carbocycles. The van der Waals surface area contributed by atoms with E-state index in [4.69, 9.17) is 14.2 Å². The largest absolute Gasteiger partial charge is 0.457 e. The summed E-state index contributed by atoms with van der Waals surface area (Å²) < 4.78 is 17.8. The van der Waals surface area contributed by atoms with Crippen LogP contribution in [0.1, 0.15) is 11.4 Å². The second-order valence-electron chi connectivity index (χ2n) is 6.72. The first-order chi connectivity index (χ1) is 14.7. The molecule has 0 radical (unpaired) electrons. The van der Waals surface area contributed by atoms with Gasteiger partial charge in [0.2, 0.25) is 6.79 Å². The van der Waals surface area contributed by atoms with Crippen LogP contribution in [0.5, 0.6) is 23.0 Å². The normalized spacial score (nSPS) is 12.6. The third-order valence-corrected chi connectivity index (χ3v) is 4.70. The molecular formula is C23H17N3O4. The Kier molecular flexibility index (Phi) is 4.40. The van der Waals surface area contributed by atoms with Crippen molar-refractivity contribution < 1.29 is 14.2 Å². The molecule has 0 amide bonds. The van der Waals surface area contributed by atoms with Crippen LogP contribution in [0.3, 0.4) is 0 Å². The highest BCUT2D eigenvalue weighted by Gasteiger charge is 2.14. The fourth-order valence-electron chi connectivity index (χ4n) is 3.19. The van der Waals surface area contributed by atoms with Crippen LogP contribution in [0.15, 0.2) is 76.6 Å². The predicted molar refractivity (Wildman–Crippen MR) is 113 cm³/mol. The van der Waals surface area contributed by atoms with E-state index in [1.165, 1.54) is 4.68 Å². The number of hydrogen-bond donors (Lipinski definition) is 0. The minimum Gasteiger partial charge on any atom is -0.457 e. The van der Waals surface area contributed by atoms with Gasteiger partial charge in [-0.2, -0.15) is 9.78 Å². The van der Waals surface area contributed by atoms with Crippen LogP contribution in [-0.4, -0.2) is 22.7 Å². The second-order valence-corrected chi connectivity index (χ2v) is 6.72. The number of nitrogens with zero attached hydrogens (tertiary/aromatic N) is 3. The molecular weight excluding hydrogens is 382 g/mol. The van der Waals surface area contributed by atoms with Crippen LogP contribution in [0, 0.1) is 6.92 Å². The van der Waals surface area contributed by atoms with Crippen LogP contribution in [-0.2, 0) is 0 Å². The number of hydrogen-bond acceptors (Lipinski definition) is 6. The fourth-order valence-corrected chi connectivity index (χ4v) is 3.19. The maximum Gasteiger partial charge on any atom is 0.282 e. The first-order valence-corrected chi connectivity index (χ1v) is 9.38. The Morgan fingerprint density at radius 1 is 1.00 bits per heavy atom. The molecule has 0 N–H and O–H groups in total. The van der Waals surface area contributed by atoms with Crippen molar-refractivity contribution in [3.05, 3.63) is 88.5 Å². The quantitative estimate of drug-likeness (QED) is 0.483. The fraction of sp³-hybridized carbons (Fsp3) is 0.0870. The standard InChI is InChI=1S/C23H17N3O4/c1-15-25-20-5-3-2-4-19(20)23(27)26(15)24-13-16-6-8-17(9-7-16)30-18-10-11-21-22(12-18)29-14-28-21/h2-13H,14H2,1H3/b24-13+. The number of para-hydroxylation sites is 1. The Morgan fingerprint density at radius 3 is 2.63 bits per heavy atom. The number of aromatic nitrogens is 2. The van der Waals surface area contributed by atoms with Gasteiger partial charge in [0, 0.05) is 6.07 Å². The highest BCUT2D eigenvalue weighted by Crippen LogP contribution is 2.36. The van der Waals surface area contributed by atoms with E-state index in [1.807, 2.05) is 54.6 Å². The molecule has 30 heavy (non-hydrogen) atoms. The molecule has 7 nitrogen and oxygen atoms in total. The monoisotopic (exact) mass is 399 g/mol. The molecule has 0 unspecified atom stereocenters. The van der Waals surface area contributed by atoms with Gasteiger partial charge in [0.25, 0.3) is 5.56 Å². The summed E-state index contributed by atoms with van der Waals surface area (Å²) in [6.45, 7) is 1.98. The minimum atomic E-state index is -0.197. The van der Waals surface area contributed by atoms with Crippen molar-refractivity contribution in [3.8, 4) is 23.0 Å². The molecule has 4 aromatic rings. The van der Waals surface area contributed by atoms with E-state index in [0.717, 1.165) is 5.56 Å². The van der Waals surface area contributed by atoms with Gasteiger partial charge in [0.05, 0.1) is 17.1 Å². The summed E-state index contributed by atoms with van der Waals surface area (Å²) in [7, 11) is 0. The Labute approximate surface area is 171 Å². The molecule has 0 atom stereocenters. The first-order valence-electron chi connectivity index (χ1n) is 9.38. The van der Waals surface area contributed by atoms with Gasteiger partial charge in [-0.15, -0.1) is 0 Å². The molecule has 0 spiro atoms. The summed E-state index contributed by atoms with van der Waals surface area (Å²) in [6, 6.07) is 20.1. The Morgan fingerprint density at radius 2 is 1.77 bits per heavy atom. The van der Waals surface area contributed by atoms with Gasteiger partial charge in [-0.3, -0.25) is 4.79 Å². The van der Waals surface area contributed by atoms with E-state index < -0.39 is 0 Å². The van der Waals surface area contributed by atoms with Crippen LogP contribution < -0.4 is 19.8 Å². The van der Waals surface area contributed by atoms with Crippen molar-refractivity contribution in [1.29, 1.82) is 0 Å². The minimum absolute atomic E-state index is 0.197. The first kappa shape index (κ1) is 17.9. The van der Waals surface area contributed by atoms with Gasteiger partial charge in [0.1, 0.15) is 17.3 Å². The number of benzene rings is 3. The number of rotatable bonds is 4. The summed E-state index contributed by atoms with van der Waals surface area (Å²) in [6.07, 6.45) is 1.62. The van der Waals surface area contributed by atoms with E-state index in [0.29, 0.717) is 39.7 Å². The van der Waals surface area contributed by atoms with Gasteiger partial charge in [-0.25, -0.2) is 4.98 Å². The molecule has 148 valence electrons. The molecule has 1 aliphatic rings. The summed E-state index contributed by atoms with van der Waals surface area (Å²) in [4.78, 5) is 17.1. The maximum absolute atomic E-state index is 12.7. The van der Waals surface area contributed by atoms with Crippen molar-refractivity contribution in [2.24, 2.45) is 5.10 Å². The van der Waals surface area contributed by atoms with Gasteiger partial charge in [0.15, 0.2) is 11.5 Å². The van der Waals surface area contributed by atoms with Gasteiger partial charge in [-0.1, -0.05) is 12.1 Å². The molecule has 1 aliphatic heterocycles. The van der Waals surface area contributed by atoms with E-state index in [1.54, 1.807) is 25.3 Å². The van der Waals surface area contributed by atoms with Crippen molar-refractivity contribution in [2.75, 3.05) is 6.79 Å². The zero-order chi connectivity index (χ0) is 20.5. The predicted octanol–water partition coefficient (Wildman–Crippen LogP) is 4.11. The molecule has 0 saturated heterocycles. The molecule has 0 fully saturated rings. The summed E-state index contributed by atoms with van der Waals surface area (Å²) >= 11 is 0. The summed E-state index contributed by atoms with van der Waals surface area (Å²) in [5, 5.41) is 4.86. The SMILES string of the molecule is Cc1nc2ccccc2c(=O)n1/N=C/c1ccc(Oc2ccc3c(c2)OCO3)cc1. The highest BCUT2D eigenvalue weighted by molar-refractivity contribution is 5.80. The number of ether oxygens (including phenoxy) is 3. The average molecular weight is 399 g/mol. The van der Waals surface area contributed by atoms with Crippen LogP contribution in [0.4, 0.5) is 0 Å². The van der Waals surface area contributed by atoms with E-state index in [-0.39, 0.29) is 12.4 Å². The smallest absolute Gasteiger partial charge is 0.282 e. The van der Waals surface area contributed by atoms with Gasteiger partial charge in [-0.05, 0) is 61.0 Å². The summed E-state index contributed by atoms with van der Waals surface area (Å²) in [5.41, 5.74) is 1.29. The molecule has 1 aromatic heterocycles. The van der Waals surface area contributed by atoms with Gasteiger partial charge < -0.3 is 14.2 Å². The van der Waals surface area contributed by atoms with E-state index >= 15 is 0 Å². The molecule has 0 bridgehead atoms. The topological polar surface area (TPSA) is 74.9 Å². The lowest BCUT2D eigenvalue weighted by molar-refractivity contribution is 0.174. The van der Waals surface area contributed by atoms with Crippen molar-refractivity contribution in [3.63, 3.8) is 0 Å². The highest BCUT2D eigenvalue weighted by atomic mass is 16.7. The Hall–Kier alpha value is -4.13. The van der Waals surface area contributed by atoms with Crippen LogP contribution >= 0.6 is 0 Å². The summed E-state index contributed by atoms with van der Waals surface area (Å²) in [5.74, 6) is 3.23. The van der Waals surface area contributed by atoms with Crippen molar-refractivity contribution in [2.45, 2.75) is 6.92 Å². The van der Waals surface area contributed by atoms with Crippen molar-refractivity contribution in [1.82, 2.24) is 9.66 Å². The zero-order valence-corrected chi connectivity index (χ0v) is 16.1. The third-order valence-electron chi connectivity index (χ3n) is 4.70. The Bertz CT molecular complexity index is 1330. The molecule has 7 heteroatoms. The van der Waals surface area contributed by atoms with E-state index in [9.17, 15) is 4.79 Å². The van der Waals surface area contributed by atoms with E-state index in [2.05, 4.69) is 10.1 Å². The second kappa shape index (κ2) is 7.36. The molecule has 0 saturated carbocycles. The molecule has 5 rings (SSSR count). The number of aryl methyl sites for hydroxylation is 1. The molecule has 3 aromatic carbocycles. The lowest BCUT2D eigenvalue weighted by Gasteiger charge is -2.07.